The smallest absolute Gasteiger partial charge is 0.419 e. The van der Waals surface area contributed by atoms with E-state index in [-0.39, 0.29) is 18.5 Å². The predicted molar refractivity (Wildman–Crippen MR) is 133 cm³/mol. The van der Waals surface area contributed by atoms with E-state index in [0.29, 0.717) is 11.1 Å². The van der Waals surface area contributed by atoms with Gasteiger partial charge in [-0.25, -0.2) is 19.5 Å². The molecule has 2 amide bonds. The Hall–Kier alpha value is -2.61. The van der Waals surface area contributed by atoms with Crippen molar-refractivity contribution in [2.75, 3.05) is 6.54 Å². The first-order valence-electron chi connectivity index (χ1n) is 12.2. The molecule has 2 aliphatic carbocycles. The molecular weight excluding hydrogens is 468 g/mol. The highest BCUT2D eigenvalue weighted by molar-refractivity contribution is 6.29. The molecule has 2 heterocycles. The fourth-order valence-electron chi connectivity index (χ4n) is 4.19. The molecule has 2 aromatic heterocycles. The number of imide groups is 1. The average molecular weight is 503 g/mol. The number of carbonyl (C=O) groups is 2. The van der Waals surface area contributed by atoms with Crippen LogP contribution in [0.5, 0.6) is 0 Å². The maximum absolute atomic E-state index is 12.8. The van der Waals surface area contributed by atoms with Crippen LogP contribution in [0.4, 0.5) is 9.59 Å². The van der Waals surface area contributed by atoms with Gasteiger partial charge in [0.2, 0.25) is 0 Å². The van der Waals surface area contributed by atoms with Gasteiger partial charge in [0.1, 0.15) is 16.4 Å². The molecule has 0 bridgehead atoms. The Morgan fingerprint density at radius 3 is 2.17 bits per heavy atom. The van der Waals surface area contributed by atoms with Crippen molar-refractivity contribution in [3.63, 3.8) is 0 Å². The second-order valence-corrected chi connectivity index (χ2v) is 12.0. The van der Waals surface area contributed by atoms with E-state index in [2.05, 4.69) is 11.2 Å². The van der Waals surface area contributed by atoms with Crippen LogP contribution in [0.3, 0.4) is 0 Å². The van der Waals surface area contributed by atoms with E-state index in [9.17, 15) is 9.59 Å². The van der Waals surface area contributed by atoms with Crippen LogP contribution in [0, 0.1) is 5.92 Å². The zero-order valence-corrected chi connectivity index (χ0v) is 22.1. The van der Waals surface area contributed by atoms with Crippen molar-refractivity contribution < 1.29 is 19.1 Å². The van der Waals surface area contributed by atoms with E-state index >= 15 is 0 Å². The second-order valence-electron chi connectivity index (χ2n) is 11.6. The van der Waals surface area contributed by atoms with Crippen molar-refractivity contribution in [3.05, 3.63) is 35.2 Å². The van der Waals surface area contributed by atoms with Gasteiger partial charge in [0.15, 0.2) is 0 Å². The van der Waals surface area contributed by atoms with Gasteiger partial charge in [-0.05, 0) is 85.3 Å². The maximum Gasteiger partial charge on any atom is 0.419 e. The van der Waals surface area contributed by atoms with Crippen LogP contribution in [0.15, 0.2) is 24.4 Å². The Morgan fingerprint density at radius 1 is 1.06 bits per heavy atom. The van der Waals surface area contributed by atoms with E-state index in [0.717, 1.165) is 47.5 Å². The number of nitrogens with zero attached hydrogens (tertiary/aromatic N) is 4. The highest BCUT2D eigenvalue weighted by Crippen LogP contribution is 2.45. The first-order valence-corrected chi connectivity index (χ1v) is 12.6. The third kappa shape index (κ3) is 6.54. The molecule has 35 heavy (non-hydrogen) atoms. The monoisotopic (exact) mass is 502 g/mol. The zero-order valence-electron chi connectivity index (χ0n) is 21.4. The normalized spacial score (nSPS) is 20.2. The molecule has 9 heteroatoms. The van der Waals surface area contributed by atoms with Gasteiger partial charge in [-0.2, -0.15) is 5.10 Å². The lowest BCUT2D eigenvalue weighted by molar-refractivity contribution is -0.00641. The molecular formula is C26H35ClN4O4. The Bertz CT molecular complexity index is 1060. The summed E-state index contributed by atoms with van der Waals surface area (Å²) in [5, 5.41) is 5.38. The third-order valence-corrected chi connectivity index (χ3v) is 6.18. The minimum absolute atomic E-state index is 0.140. The van der Waals surface area contributed by atoms with Gasteiger partial charge in [0.05, 0.1) is 17.4 Å². The fourth-order valence-corrected chi connectivity index (χ4v) is 4.35. The molecule has 4 rings (SSSR count). The van der Waals surface area contributed by atoms with Crippen LogP contribution in [0.2, 0.25) is 5.15 Å². The minimum atomic E-state index is -0.710. The number of aromatic nitrogens is 3. The van der Waals surface area contributed by atoms with E-state index in [1.54, 1.807) is 47.6 Å². The number of ether oxygens (including phenoxy) is 2. The molecule has 0 saturated heterocycles. The van der Waals surface area contributed by atoms with Crippen LogP contribution in [-0.2, 0) is 9.47 Å². The van der Waals surface area contributed by atoms with Crippen molar-refractivity contribution in [1.82, 2.24) is 19.7 Å². The number of hydrogen-bond acceptors (Lipinski definition) is 6. The summed E-state index contributed by atoms with van der Waals surface area (Å²) >= 11 is 6.13. The Labute approximate surface area is 211 Å². The summed E-state index contributed by atoms with van der Waals surface area (Å²) < 4.78 is 13.0. The van der Waals surface area contributed by atoms with Crippen molar-refractivity contribution in [3.8, 4) is 11.3 Å². The Kier molecular flexibility index (Phi) is 6.88. The quantitative estimate of drug-likeness (QED) is 0.428. The van der Waals surface area contributed by atoms with Crippen molar-refractivity contribution in [2.45, 2.75) is 90.4 Å². The minimum Gasteiger partial charge on any atom is -0.443 e. The summed E-state index contributed by atoms with van der Waals surface area (Å²) in [5.41, 5.74) is 1.52. The van der Waals surface area contributed by atoms with Crippen molar-refractivity contribution in [1.29, 1.82) is 0 Å². The van der Waals surface area contributed by atoms with Gasteiger partial charge in [-0.15, -0.1) is 0 Å². The van der Waals surface area contributed by atoms with Crippen LogP contribution >= 0.6 is 11.6 Å². The third-order valence-electron chi connectivity index (χ3n) is 5.97. The van der Waals surface area contributed by atoms with Gasteiger partial charge >= 0.3 is 12.2 Å². The molecule has 190 valence electrons. The number of amides is 2. The van der Waals surface area contributed by atoms with Gasteiger partial charge in [0.25, 0.3) is 0 Å². The lowest BCUT2D eigenvalue weighted by Crippen LogP contribution is -2.47. The first-order chi connectivity index (χ1) is 16.3. The summed E-state index contributed by atoms with van der Waals surface area (Å²) in [6, 6.07) is 5.83. The summed E-state index contributed by atoms with van der Waals surface area (Å²) in [5.74, 6) is 0.610. The fraction of sp³-hybridized carbons (Fsp3) is 0.615. The second kappa shape index (κ2) is 9.45. The van der Waals surface area contributed by atoms with E-state index < -0.39 is 23.4 Å². The molecule has 0 N–H and O–H groups in total. The highest BCUT2D eigenvalue weighted by atomic mass is 35.5. The van der Waals surface area contributed by atoms with Gasteiger partial charge in [0, 0.05) is 24.2 Å². The molecule has 0 radical (unpaired) electrons. The Balaban J connectivity index is 1.45. The topological polar surface area (TPSA) is 86.5 Å². The molecule has 0 atom stereocenters. The van der Waals surface area contributed by atoms with Gasteiger partial charge in [-0.3, -0.25) is 4.68 Å². The largest absolute Gasteiger partial charge is 0.443 e. The summed E-state index contributed by atoms with van der Waals surface area (Å²) in [6.45, 7) is 10.9. The maximum atomic E-state index is 12.8. The average Bonchev–Trinajstić information content (AvgIpc) is 3.43. The number of hydrogen-bond donors (Lipinski definition) is 0. The summed E-state index contributed by atoms with van der Waals surface area (Å²) in [6.07, 6.45) is 4.58. The number of pyridine rings is 1. The number of carbonyl (C=O) groups excluding carboxylic acids is 2. The van der Waals surface area contributed by atoms with Crippen LogP contribution in [0.1, 0.15) is 84.9 Å². The van der Waals surface area contributed by atoms with Crippen molar-refractivity contribution >= 4 is 23.8 Å². The van der Waals surface area contributed by atoms with Gasteiger partial charge < -0.3 is 9.47 Å². The van der Waals surface area contributed by atoms with E-state index in [1.807, 2.05) is 16.8 Å². The molecule has 2 aliphatic rings. The standard InChI is InChI=1S/C26H35ClN4O4/c1-25(2,3)34-23(32)30(24(33)35-26(4,5)6)14-16-12-18(13-16)31-15-19(22(29-31)17-10-11-17)20-8-7-9-21(27)28-20/h7-9,15-18H,10-14H2,1-6H3/t16-,18-. The SMILES string of the molecule is CC(C)(C)OC(=O)N(C[C@H]1C[C@H](n2cc(-c3cccc(Cl)n3)c(C3CC3)n2)C1)C(=O)OC(C)(C)C. The van der Waals surface area contributed by atoms with E-state index in [1.165, 1.54) is 0 Å². The summed E-state index contributed by atoms with van der Waals surface area (Å²) in [7, 11) is 0. The molecule has 2 fully saturated rings. The molecule has 2 saturated carbocycles. The molecule has 0 spiro atoms. The number of halogens is 1. The highest BCUT2D eigenvalue weighted by Gasteiger charge is 2.39. The summed E-state index contributed by atoms with van der Waals surface area (Å²) in [4.78, 5) is 31.2. The van der Waals surface area contributed by atoms with Crippen LogP contribution < -0.4 is 0 Å². The molecule has 0 aliphatic heterocycles. The molecule has 2 aromatic rings. The molecule has 0 aromatic carbocycles. The van der Waals surface area contributed by atoms with Gasteiger partial charge in [-0.1, -0.05) is 17.7 Å². The molecule has 8 nitrogen and oxygen atoms in total. The van der Waals surface area contributed by atoms with Crippen LogP contribution in [-0.4, -0.2) is 49.6 Å². The first kappa shape index (κ1) is 25.5. The zero-order chi connectivity index (χ0) is 25.5. The number of rotatable bonds is 5. The van der Waals surface area contributed by atoms with E-state index in [4.69, 9.17) is 26.2 Å². The van der Waals surface area contributed by atoms with Crippen LogP contribution in [0.25, 0.3) is 11.3 Å². The predicted octanol–water partition coefficient (Wildman–Crippen LogP) is 6.60. The lowest BCUT2D eigenvalue weighted by atomic mass is 9.80. The molecule has 0 unspecified atom stereocenters. The van der Waals surface area contributed by atoms with Crippen molar-refractivity contribution in [2.24, 2.45) is 5.92 Å². The lowest BCUT2D eigenvalue weighted by Gasteiger charge is -2.38. The Morgan fingerprint density at radius 2 is 1.66 bits per heavy atom.